The number of aryl methyl sites for hydroxylation is 1. The van der Waals surface area contributed by atoms with Crippen molar-refractivity contribution >= 4 is 28.9 Å². The molecule has 1 aromatic rings. The van der Waals surface area contributed by atoms with E-state index in [2.05, 4.69) is 13.8 Å². The summed E-state index contributed by atoms with van der Waals surface area (Å²) < 4.78 is 0. The SMILES string of the molecule is CCC(C)CCCc1cc(C(C)C)c2c(c1O)C(=O)C1C(=O)[C@@]3(O)C(=O)C(C(C)=O)C(=O)C(C(C)C)[C@@]3(C)C[C@@]1(C)C2. The predicted molar refractivity (Wildman–Crippen MR) is 159 cm³/mol. The lowest BCUT2D eigenvalue weighted by Crippen LogP contribution is -2.76. The van der Waals surface area contributed by atoms with Crippen molar-refractivity contribution in [1.82, 2.24) is 0 Å². The molecule has 230 valence electrons. The van der Waals surface area contributed by atoms with E-state index in [1.54, 1.807) is 20.8 Å². The third kappa shape index (κ3) is 4.44. The summed E-state index contributed by atoms with van der Waals surface area (Å²) in [6, 6.07) is 2.00. The Morgan fingerprint density at radius 2 is 1.67 bits per heavy atom. The van der Waals surface area contributed by atoms with Crippen LogP contribution in [0.3, 0.4) is 0 Å². The highest BCUT2D eigenvalue weighted by Crippen LogP contribution is 2.64. The van der Waals surface area contributed by atoms with E-state index in [0.717, 1.165) is 31.7 Å². The third-order valence-electron chi connectivity index (χ3n) is 11.0. The van der Waals surface area contributed by atoms with Gasteiger partial charge in [0.05, 0.1) is 11.5 Å². The summed E-state index contributed by atoms with van der Waals surface area (Å²) >= 11 is 0. The average molecular weight is 581 g/mol. The lowest BCUT2D eigenvalue weighted by Gasteiger charge is -2.62. The van der Waals surface area contributed by atoms with E-state index in [-0.39, 0.29) is 36.0 Å². The molecule has 0 amide bonds. The minimum Gasteiger partial charge on any atom is -0.507 e. The summed E-state index contributed by atoms with van der Waals surface area (Å²) in [5, 5.41) is 23.7. The van der Waals surface area contributed by atoms with Crippen molar-refractivity contribution in [3.63, 3.8) is 0 Å². The normalized spacial score (nSPS) is 33.5. The first kappa shape index (κ1) is 32.2. The van der Waals surface area contributed by atoms with Gasteiger partial charge in [-0.1, -0.05) is 74.3 Å². The molecule has 7 atom stereocenters. The molecule has 2 saturated carbocycles. The van der Waals surface area contributed by atoms with Crippen LogP contribution in [0.15, 0.2) is 6.07 Å². The van der Waals surface area contributed by atoms with E-state index in [9.17, 15) is 34.2 Å². The monoisotopic (exact) mass is 580 g/mol. The zero-order valence-corrected chi connectivity index (χ0v) is 26.7. The van der Waals surface area contributed by atoms with E-state index < -0.39 is 63.1 Å². The molecule has 0 bridgehead atoms. The maximum atomic E-state index is 14.5. The van der Waals surface area contributed by atoms with Gasteiger partial charge in [-0.25, -0.2) is 0 Å². The number of aliphatic hydroxyl groups is 1. The summed E-state index contributed by atoms with van der Waals surface area (Å²) in [6.45, 7) is 16.5. The van der Waals surface area contributed by atoms with Crippen LogP contribution >= 0.6 is 0 Å². The molecule has 3 aliphatic rings. The number of fused-ring (bicyclic) bond motifs is 3. The molecule has 0 aromatic heterocycles. The van der Waals surface area contributed by atoms with Crippen LogP contribution in [0.1, 0.15) is 121 Å². The fourth-order valence-corrected chi connectivity index (χ4v) is 8.84. The number of ketones is 5. The number of carbonyl (C=O) groups excluding carboxylic acids is 5. The Morgan fingerprint density at radius 3 is 2.19 bits per heavy atom. The average Bonchev–Trinajstić information content (AvgIpc) is 2.86. The van der Waals surface area contributed by atoms with Crippen LogP contribution < -0.4 is 0 Å². The molecule has 7 heteroatoms. The fourth-order valence-electron chi connectivity index (χ4n) is 8.84. The number of aromatic hydroxyl groups is 1. The smallest absolute Gasteiger partial charge is 0.190 e. The molecular formula is C35H48O7. The molecule has 42 heavy (non-hydrogen) atoms. The number of phenols is 1. The van der Waals surface area contributed by atoms with Crippen LogP contribution in [0.5, 0.6) is 5.75 Å². The molecular weight excluding hydrogens is 532 g/mol. The standard InChI is InChI=1S/C35H48O7/c1-10-19(6)12-11-13-21-14-22(17(2)3)23-15-33(8)16-34(9)26(18(4)5)29(38)24(20(7)36)31(40)35(34,42)32(41)27(33)30(39)25(23)28(21)37/h14,17-19,24,26-27,37,42H,10-13,15-16H2,1-9H3/t19?,24?,26?,27?,33-,34-,35+/m1/s1. The van der Waals surface area contributed by atoms with Crippen molar-refractivity contribution in [2.75, 3.05) is 0 Å². The second kappa shape index (κ2) is 10.8. The number of hydrogen-bond acceptors (Lipinski definition) is 7. The van der Waals surface area contributed by atoms with Gasteiger partial charge in [-0.15, -0.1) is 0 Å². The summed E-state index contributed by atoms with van der Waals surface area (Å²) in [5.41, 5.74) is -2.75. The van der Waals surface area contributed by atoms with Crippen LogP contribution in [0, 0.1) is 40.4 Å². The van der Waals surface area contributed by atoms with Gasteiger partial charge in [0, 0.05) is 11.3 Å². The molecule has 0 spiro atoms. The number of rotatable bonds is 8. The Balaban J connectivity index is 1.91. The first-order valence-electron chi connectivity index (χ1n) is 15.7. The quantitative estimate of drug-likeness (QED) is 0.384. The highest BCUT2D eigenvalue weighted by atomic mass is 16.3. The Kier molecular flexibility index (Phi) is 8.29. The fraction of sp³-hybridized carbons (Fsp3) is 0.686. The van der Waals surface area contributed by atoms with Gasteiger partial charge in [-0.3, -0.25) is 24.0 Å². The van der Waals surface area contributed by atoms with E-state index in [1.807, 2.05) is 26.8 Å². The van der Waals surface area contributed by atoms with Gasteiger partial charge < -0.3 is 10.2 Å². The summed E-state index contributed by atoms with van der Waals surface area (Å²) in [5.74, 6) is -7.89. The van der Waals surface area contributed by atoms with Crippen molar-refractivity contribution in [2.45, 2.75) is 112 Å². The zero-order chi connectivity index (χ0) is 31.7. The van der Waals surface area contributed by atoms with Gasteiger partial charge in [0.2, 0.25) is 0 Å². The number of Topliss-reactive ketones (excluding diaryl/α,β-unsaturated/α-hetero) is 5. The lowest BCUT2D eigenvalue weighted by atomic mass is 9.39. The second-order valence-corrected chi connectivity index (χ2v) is 14.7. The molecule has 0 radical (unpaired) electrons. The molecule has 2 N–H and O–H groups in total. The zero-order valence-electron chi connectivity index (χ0n) is 26.7. The summed E-state index contributed by atoms with van der Waals surface area (Å²) in [4.78, 5) is 69.0. The van der Waals surface area contributed by atoms with Gasteiger partial charge >= 0.3 is 0 Å². The van der Waals surface area contributed by atoms with Crippen LogP contribution in [0.25, 0.3) is 0 Å². The molecule has 2 fully saturated rings. The maximum absolute atomic E-state index is 14.5. The molecule has 3 aliphatic carbocycles. The second-order valence-electron chi connectivity index (χ2n) is 14.7. The molecule has 0 heterocycles. The van der Waals surface area contributed by atoms with Crippen molar-refractivity contribution in [3.8, 4) is 5.75 Å². The highest BCUT2D eigenvalue weighted by Gasteiger charge is 2.76. The molecule has 7 nitrogen and oxygen atoms in total. The van der Waals surface area contributed by atoms with Crippen LogP contribution in [-0.4, -0.2) is 44.7 Å². The number of phenolic OH excluding ortho intramolecular Hbond substituents is 1. The topological polar surface area (TPSA) is 126 Å². The first-order chi connectivity index (χ1) is 19.4. The molecule has 1 aromatic carbocycles. The molecule has 4 unspecified atom stereocenters. The van der Waals surface area contributed by atoms with E-state index in [4.69, 9.17) is 0 Å². The number of carbonyl (C=O) groups is 5. The van der Waals surface area contributed by atoms with Gasteiger partial charge in [-0.05, 0) is 72.5 Å². The minimum absolute atomic E-state index is 0.0463. The Morgan fingerprint density at radius 1 is 1.05 bits per heavy atom. The van der Waals surface area contributed by atoms with E-state index in [0.29, 0.717) is 23.5 Å². The summed E-state index contributed by atoms with van der Waals surface area (Å²) in [6.07, 6.45) is 3.83. The van der Waals surface area contributed by atoms with E-state index in [1.165, 1.54) is 0 Å². The van der Waals surface area contributed by atoms with Crippen molar-refractivity contribution in [3.05, 3.63) is 28.3 Å². The largest absolute Gasteiger partial charge is 0.507 e. The maximum Gasteiger partial charge on any atom is 0.190 e. The van der Waals surface area contributed by atoms with Crippen LogP contribution in [0.4, 0.5) is 0 Å². The van der Waals surface area contributed by atoms with Crippen molar-refractivity contribution < 1.29 is 34.2 Å². The lowest BCUT2D eigenvalue weighted by molar-refractivity contribution is -0.205. The molecule has 0 saturated heterocycles. The Hall–Kier alpha value is -2.67. The van der Waals surface area contributed by atoms with Gasteiger partial charge in [0.15, 0.2) is 28.7 Å². The van der Waals surface area contributed by atoms with Gasteiger partial charge in [0.1, 0.15) is 17.5 Å². The number of benzene rings is 1. The first-order valence-corrected chi connectivity index (χ1v) is 15.7. The van der Waals surface area contributed by atoms with Crippen LogP contribution in [0.2, 0.25) is 0 Å². The molecule has 4 rings (SSSR count). The van der Waals surface area contributed by atoms with Crippen molar-refractivity contribution in [1.29, 1.82) is 0 Å². The Labute approximate surface area is 249 Å². The van der Waals surface area contributed by atoms with E-state index >= 15 is 0 Å². The van der Waals surface area contributed by atoms with Gasteiger partial charge in [0.25, 0.3) is 0 Å². The Bertz CT molecular complexity index is 1360. The van der Waals surface area contributed by atoms with Crippen molar-refractivity contribution in [2.24, 2.45) is 40.4 Å². The molecule has 0 aliphatic heterocycles. The van der Waals surface area contributed by atoms with Crippen LogP contribution in [-0.2, 0) is 32.0 Å². The number of hydrogen-bond donors (Lipinski definition) is 2. The highest BCUT2D eigenvalue weighted by molar-refractivity contribution is 6.32. The predicted octanol–water partition coefficient (Wildman–Crippen LogP) is 5.59. The third-order valence-corrected chi connectivity index (χ3v) is 11.0. The van der Waals surface area contributed by atoms with Gasteiger partial charge in [-0.2, -0.15) is 0 Å². The summed E-state index contributed by atoms with van der Waals surface area (Å²) in [7, 11) is 0. The minimum atomic E-state index is -2.67.